The highest BCUT2D eigenvalue weighted by Gasteiger charge is 2.43. The molecule has 1 amide bonds. The lowest BCUT2D eigenvalue weighted by Gasteiger charge is -2.17. The molecule has 0 saturated carbocycles. The number of amides is 1. The van der Waals surface area contributed by atoms with E-state index in [0.29, 0.717) is 0 Å². The van der Waals surface area contributed by atoms with Crippen LogP contribution in [0.5, 0.6) is 0 Å². The molecule has 90 valence electrons. The van der Waals surface area contributed by atoms with Crippen molar-refractivity contribution in [2.24, 2.45) is 0 Å². The number of halogens is 3. The zero-order valence-corrected chi connectivity index (χ0v) is 9.02. The van der Waals surface area contributed by atoms with Crippen LogP contribution in [0, 0.1) is 0 Å². The van der Waals surface area contributed by atoms with Crippen LogP contribution in [0.4, 0.5) is 13.2 Å². The van der Waals surface area contributed by atoms with Gasteiger partial charge >= 0.3 is 19.8 Å². The Morgan fingerprint density at radius 2 is 1.67 bits per heavy atom. The van der Waals surface area contributed by atoms with Crippen molar-refractivity contribution in [1.82, 2.24) is 5.09 Å². The Hall–Kier alpha value is -0.590. The van der Waals surface area contributed by atoms with Crippen molar-refractivity contribution in [2.45, 2.75) is 20.0 Å². The van der Waals surface area contributed by atoms with Gasteiger partial charge in [0.05, 0.1) is 13.2 Å². The molecule has 0 bridgehead atoms. The fourth-order valence-corrected chi connectivity index (χ4v) is 1.89. The molecule has 0 saturated heterocycles. The molecule has 15 heavy (non-hydrogen) atoms. The maximum absolute atomic E-state index is 11.8. The normalized spacial score (nSPS) is 12.6. The van der Waals surface area contributed by atoms with Crippen LogP contribution >= 0.6 is 7.75 Å². The average Bonchev–Trinajstić information content (AvgIpc) is 2.02. The van der Waals surface area contributed by atoms with E-state index >= 15 is 0 Å². The largest absolute Gasteiger partial charge is 0.471 e. The number of alkyl halides is 3. The monoisotopic (exact) mass is 249 g/mol. The van der Waals surface area contributed by atoms with Gasteiger partial charge < -0.3 is 0 Å². The van der Waals surface area contributed by atoms with E-state index in [9.17, 15) is 22.5 Å². The molecule has 0 unspecified atom stereocenters. The molecule has 0 atom stereocenters. The summed E-state index contributed by atoms with van der Waals surface area (Å²) in [5.74, 6) is -2.35. The van der Waals surface area contributed by atoms with Crippen molar-refractivity contribution < 1.29 is 31.6 Å². The zero-order valence-electron chi connectivity index (χ0n) is 8.13. The Morgan fingerprint density at radius 3 is 1.93 bits per heavy atom. The molecule has 0 aromatic heterocycles. The number of carbonyl (C=O) groups excluding carboxylic acids is 1. The fourth-order valence-electron chi connectivity index (χ4n) is 0.629. The van der Waals surface area contributed by atoms with E-state index in [0.717, 1.165) is 0 Å². The van der Waals surface area contributed by atoms with E-state index in [2.05, 4.69) is 9.05 Å². The summed E-state index contributed by atoms with van der Waals surface area (Å²) >= 11 is 0. The van der Waals surface area contributed by atoms with E-state index < -0.39 is 19.8 Å². The smallest absolute Gasteiger partial charge is 0.293 e. The number of hydrogen-bond donors (Lipinski definition) is 1. The standard InChI is InChI=1S/C6H11F3NO4P/c1-3-13-15(12,14-4-2)10-5(11)6(7,8)9/h3-4H2,1-2H3,(H,10,11,12). The van der Waals surface area contributed by atoms with Crippen LogP contribution in [-0.4, -0.2) is 25.3 Å². The lowest BCUT2D eigenvalue weighted by atomic mass is 10.6. The highest BCUT2D eigenvalue weighted by molar-refractivity contribution is 7.52. The summed E-state index contributed by atoms with van der Waals surface area (Å²) in [7, 11) is -4.19. The van der Waals surface area contributed by atoms with Gasteiger partial charge in [-0.15, -0.1) is 0 Å². The van der Waals surface area contributed by atoms with Crippen LogP contribution in [0.2, 0.25) is 0 Å². The van der Waals surface area contributed by atoms with Gasteiger partial charge in [-0.3, -0.25) is 18.9 Å². The van der Waals surface area contributed by atoms with Crippen LogP contribution in [-0.2, 0) is 18.4 Å². The summed E-state index contributed by atoms with van der Waals surface area (Å²) in [4.78, 5) is 10.5. The molecule has 0 aliphatic carbocycles. The first-order valence-electron chi connectivity index (χ1n) is 4.03. The number of hydrogen-bond acceptors (Lipinski definition) is 4. The van der Waals surface area contributed by atoms with Crippen molar-refractivity contribution >= 4 is 13.7 Å². The van der Waals surface area contributed by atoms with Gasteiger partial charge in [-0.1, -0.05) is 0 Å². The second kappa shape index (κ2) is 5.48. The minimum absolute atomic E-state index is 0.143. The maximum atomic E-state index is 11.8. The van der Waals surface area contributed by atoms with E-state index in [1.165, 1.54) is 18.9 Å². The average molecular weight is 249 g/mol. The molecule has 9 heteroatoms. The van der Waals surface area contributed by atoms with Gasteiger partial charge in [0.1, 0.15) is 0 Å². The predicted octanol–water partition coefficient (Wildman–Crippen LogP) is 1.85. The Balaban J connectivity index is 4.55. The van der Waals surface area contributed by atoms with Gasteiger partial charge in [-0.05, 0) is 13.8 Å². The molecular weight excluding hydrogens is 238 g/mol. The summed E-state index contributed by atoms with van der Waals surface area (Å²) in [6, 6.07) is 0. The highest BCUT2D eigenvalue weighted by Crippen LogP contribution is 2.44. The van der Waals surface area contributed by atoms with Crippen LogP contribution < -0.4 is 5.09 Å². The zero-order chi connectivity index (χ0) is 12.1. The number of carbonyl (C=O) groups is 1. The summed E-state index contributed by atoms with van der Waals surface area (Å²) < 4.78 is 55.7. The van der Waals surface area contributed by atoms with Crippen molar-refractivity contribution in [3.05, 3.63) is 0 Å². The Labute approximate surface area is 84.5 Å². The minimum Gasteiger partial charge on any atom is -0.293 e. The van der Waals surface area contributed by atoms with Crippen molar-refractivity contribution in [1.29, 1.82) is 0 Å². The van der Waals surface area contributed by atoms with E-state index in [4.69, 9.17) is 0 Å². The number of rotatable bonds is 5. The summed E-state index contributed by atoms with van der Waals surface area (Å²) in [5, 5.41) is 1.18. The minimum atomic E-state index is -5.12. The molecule has 0 aliphatic rings. The van der Waals surface area contributed by atoms with E-state index in [1.54, 1.807) is 0 Å². The summed E-state index contributed by atoms with van der Waals surface area (Å²) in [5.41, 5.74) is 0. The molecule has 0 aliphatic heterocycles. The topological polar surface area (TPSA) is 64.6 Å². The molecule has 0 aromatic rings. The maximum Gasteiger partial charge on any atom is 0.471 e. The Kier molecular flexibility index (Phi) is 5.27. The van der Waals surface area contributed by atoms with Gasteiger partial charge in [0, 0.05) is 0 Å². The SMILES string of the molecule is CCOP(=O)(NC(=O)C(F)(F)F)OCC. The van der Waals surface area contributed by atoms with Gasteiger partial charge in [-0.2, -0.15) is 13.2 Å². The first kappa shape index (κ1) is 14.4. The van der Waals surface area contributed by atoms with Crippen LogP contribution in [0.25, 0.3) is 0 Å². The van der Waals surface area contributed by atoms with Crippen molar-refractivity contribution in [3.8, 4) is 0 Å². The van der Waals surface area contributed by atoms with Gasteiger partial charge in [0.2, 0.25) is 0 Å². The number of nitrogens with one attached hydrogen (secondary N) is 1. The molecule has 0 heterocycles. The van der Waals surface area contributed by atoms with Crippen LogP contribution in [0.15, 0.2) is 0 Å². The predicted molar refractivity (Wildman–Crippen MR) is 45.1 cm³/mol. The fraction of sp³-hybridized carbons (Fsp3) is 0.833. The lowest BCUT2D eigenvalue weighted by Crippen LogP contribution is -2.35. The third kappa shape index (κ3) is 5.15. The third-order valence-electron chi connectivity index (χ3n) is 1.09. The van der Waals surface area contributed by atoms with Crippen molar-refractivity contribution in [2.75, 3.05) is 13.2 Å². The van der Waals surface area contributed by atoms with Crippen LogP contribution in [0.3, 0.4) is 0 Å². The molecule has 0 fully saturated rings. The Morgan fingerprint density at radius 1 is 1.27 bits per heavy atom. The van der Waals surface area contributed by atoms with Crippen LogP contribution in [0.1, 0.15) is 13.8 Å². The summed E-state index contributed by atoms with van der Waals surface area (Å²) in [6.45, 7) is 2.53. The molecular formula is C6H11F3NO4P. The van der Waals surface area contributed by atoms with Gasteiger partial charge in [0.15, 0.2) is 0 Å². The highest BCUT2D eigenvalue weighted by atomic mass is 31.2. The van der Waals surface area contributed by atoms with Crippen molar-refractivity contribution in [3.63, 3.8) is 0 Å². The van der Waals surface area contributed by atoms with E-state index in [1.807, 2.05) is 0 Å². The molecule has 0 rings (SSSR count). The first-order chi connectivity index (χ1) is 6.75. The quantitative estimate of drug-likeness (QED) is 0.755. The molecule has 5 nitrogen and oxygen atoms in total. The lowest BCUT2D eigenvalue weighted by molar-refractivity contribution is -0.172. The van der Waals surface area contributed by atoms with Gasteiger partial charge in [-0.25, -0.2) is 4.57 Å². The summed E-state index contributed by atoms with van der Waals surface area (Å²) in [6.07, 6.45) is -5.12. The first-order valence-corrected chi connectivity index (χ1v) is 5.58. The van der Waals surface area contributed by atoms with E-state index in [-0.39, 0.29) is 13.2 Å². The molecule has 0 spiro atoms. The molecule has 0 aromatic carbocycles. The molecule has 0 radical (unpaired) electrons. The molecule has 1 N–H and O–H groups in total. The van der Waals surface area contributed by atoms with Gasteiger partial charge in [0.25, 0.3) is 0 Å². The second-order valence-corrected chi connectivity index (χ2v) is 4.01. The Bertz CT molecular complexity index is 258. The third-order valence-corrected chi connectivity index (χ3v) is 2.77. The second-order valence-electron chi connectivity index (χ2n) is 2.27.